The molecule has 24 heavy (non-hydrogen) atoms. The van der Waals surface area contributed by atoms with Crippen molar-refractivity contribution in [1.29, 1.82) is 0 Å². The van der Waals surface area contributed by atoms with Crippen LogP contribution in [0.2, 0.25) is 0 Å². The van der Waals surface area contributed by atoms with Gasteiger partial charge >= 0.3 is 0 Å². The minimum atomic E-state index is -0.826. The van der Waals surface area contributed by atoms with Gasteiger partial charge in [-0.1, -0.05) is 12.1 Å². The summed E-state index contributed by atoms with van der Waals surface area (Å²) in [7, 11) is 0. The standard InChI is InChI=1S/C19H18F3NO/c20-15-3-1-13(2-4-15)11-14-7-9-23(10-8-14)19(24)17-6-5-16(21)12-18(17)22/h1-6,12,14H,7-11H2. The fourth-order valence-electron chi connectivity index (χ4n) is 3.13. The summed E-state index contributed by atoms with van der Waals surface area (Å²) in [5, 5.41) is 0. The molecule has 1 amide bonds. The molecule has 126 valence electrons. The molecule has 2 aromatic carbocycles. The van der Waals surface area contributed by atoms with Crippen LogP contribution in [0.15, 0.2) is 42.5 Å². The highest BCUT2D eigenvalue weighted by Crippen LogP contribution is 2.23. The molecule has 0 saturated carbocycles. The van der Waals surface area contributed by atoms with E-state index in [2.05, 4.69) is 0 Å². The van der Waals surface area contributed by atoms with Crippen molar-refractivity contribution in [2.75, 3.05) is 13.1 Å². The van der Waals surface area contributed by atoms with Crippen LogP contribution >= 0.6 is 0 Å². The van der Waals surface area contributed by atoms with Crippen LogP contribution in [0.4, 0.5) is 13.2 Å². The molecule has 2 aromatic rings. The molecule has 0 radical (unpaired) electrons. The van der Waals surface area contributed by atoms with E-state index in [0.29, 0.717) is 19.0 Å². The van der Waals surface area contributed by atoms with E-state index < -0.39 is 17.5 Å². The number of hydrogen-bond donors (Lipinski definition) is 0. The summed E-state index contributed by atoms with van der Waals surface area (Å²) in [6, 6.07) is 9.47. The number of amides is 1. The van der Waals surface area contributed by atoms with Crippen LogP contribution in [0.3, 0.4) is 0 Å². The Kier molecular flexibility index (Phi) is 4.88. The molecule has 2 nitrogen and oxygen atoms in total. The summed E-state index contributed by atoms with van der Waals surface area (Å²) in [6.07, 6.45) is 2.46. The van der Waals surface area contributed by atoms with E-state index in [4.69, 9.17) is 0 Å². The van der Waals surface area contributed by atoms with E-state index in [-0.39, 0.29) is 11.4 Å². The van der Waals surface area contributed by atoms with Crippen LogP contribution in [0, 0.1) is 23.4 Å². The number of nitrogens with zero attached hydrogens (tertiary/aromatic N) is 1. The average Bonchev–Trinajstić information content (AvgIpc) is 2.57. The average molecular weight is 333 g/mol. The highest BCUT2D eigenvalue weighted by Gasteiger charge is 2.25. The maximum Gasteiger partial charge on any atom is 0.256 e. The van der Waals surface area contributed by atoms with Crippen LogP contribution in [0.1, 0.15) is 28.8 Å². The molecular weight excluding hydrogens is 315 g/mol. The lowest BCUT2D eigenvalue weighted by Crippen LogP contribution is -2.39. The zero-order valence-corrected chi connectivity index (χ0v) is 13.1. The SMILES string of the molecule is O=C(c1ccc(F)cc1F)N1CCC(Cc2ccc(F)cc2)CC1. The maximum atomic E-state index is 13.7. The molecule has 1 fully saturated rings. The Morgan fingerprint density at radius 3 is 2.21 bits per heavy atom. The summed E-state index contributed by atoms with van der Waals surface area (Å²) < 4.78 is 39.6. The summed E-state index contributed by atoms with van der Waals surface area (Å²) in [5.41, 5.74) is 0.985. The first-order valence-corrected chi connectivity index (χ1v) is 8.01. The van der Waals surface area contributed by atoms with E-state index in [1.165, 1.54) is 18.2 Å². The van der Waals surface area contributed by atoms with Gasteiger partial charge in [-0.25, -0.2) is 13.2 Å². The van der Waals surface area contributed by atoms with Crippen molar-refractivity contribution in [2.24, 2.45) is 5.92 Å². The first-order valence-electron chi connectivity index (χ1n) is 8.01. The van der Waals surface area contributed by atoms with Crippen LogP contribution in [0.25, 0.3) is 0 Å². The molecular formula is C19H18F3NO. The third kappa shape index (κ3) is 3.78. The Morgan fingerprint density at radius 1 is 0.958 bits per heavy atom. The van der Waals surface area contributed by atoms with Gasteiger partial charge in [0.25, 0.3) is 5.91 Å². The molecule has 1 aliphatic heterocycles. The van der Waals surface area contributed by atoms with Crippen molar-refractivity contribution < 1.29 is 18.0 Å². The number of benzene rings is 2. The molecule has 0 aliphatic carbocycles. The molecule has 0 atom stereocenters. The zero-order valence-electron chi connectivity index (χ0n) is 13.1. The molecule has 0 aromatic heterocycles. The lowest BCUT2D eigenvalue weighted by atomic mass is 9.90. The second-order valence-electron chi connectivity index (χ2n) is 6.19. The van der Waals surface area contributed by atoms with Crippen LogP contribution in [-0.4, -0.2) is 23.9 Å². The van der Waals surface area contributed by atoms with E-state index in [9.17, 15) is 18.0 Å². The van der Waals surface area contributed by atoms with Gasteiger partial charge < -0.3 is 4.90 Å². The number of carbonyl (C=O) groups excluding carboxylic acids is 1. The largest absolute Gasteiger partial charge is 0.339 e. The first kappa shape index (κ1) is 16.6. The molecule has 3 rings (SSSR count). The Hall–Kier alpha value is -2.30. The highest BCUT2D eigenvalue weighted by molar-refractivity contribution is 5.94. The molecule has 1 saturated heterocycles. The smallest absolute Gasteiger partial charge is 0.256 e. The van der Waals surface area contributed by atoms with Gasteiger partial charge in [-0.05, 0) is 55.0 Å². The number of carbonyl (C=O) groups is 1. The van der Waals surface area contributed by atoms with E-state index in [1.54, 1.807) is 17.0 Å². The monoisotopic (exact) mass is 333 g/mol. The molecule has 0 bridgehead atoms. The summed E-state index contributed by atoms with van der Waals surface area (Å²) in [4.78, 5) is 14.0. The van der Waals surface area contributed by atoms with Crippen LogP contribution < -0.4 is 0 Å². The Balaban J connectivity index is 1.58. The van der Waals surface area contributed by atoms with Crippen molar-refractivity contribution in [3.63, 3.8) is 0 Å². The molecule has 0 unspecified atom stereocenters. The van der Waals surface area contributed by atoms with Crippen molar-refractivity contribution in [3.05, 3.63) is 71.0 Å². The number of rotatable bonds is 3. The first-order chi connectivity index (χ1) is 11.5. The van der Waals surface area contributed by atoms with Gasteiger partial charge in [-0.2, -0.15) is 0 Å². The third-order valence-electron chi connectivity index (χ3n) is 4.50. The molecule has 0 N–H and O–H groups in total. The van der Waals surface area contributed by atoms with Crippen molar-refractivity contribution in [1.82, 2.24) is 4.90 Å². The second kappa shape index (κ2) is 7.07. The van der Waals surface area contributed by atoms with E-state index in [0.717, 1.165) is 37.0 Å². The van der Waals surface area contributed by atoms with Gasteiger partial charge in [0.05, 0.1) is 5.56 Å². The molecule has 5 heteroatoms. The summed E-state index contributed by atoms with van der Waals surface area (Å²) in [5.74, 6) is -1.75. The highest BCUT2D eigenvalue weighted by atomic mass is 19.1. The van der Waals surface area contributed by atoms with Gasteiger partial charge in [0.15, 0.2) is 0 Å². The normalized spacial score (nSPS) is 15.5. The molecule has 1 heterocycles. The predicted molar refractivity (Wildman–Crippen MR) is 85.1 cm³/mol. The maximum absolute atomic E-state index is 13.7. The molecule has 1 aliphatic rings. The van der Waals surface area contributed by atoms with Gasteiger partial charge in [0, 0.05) is 19.2 Å². The third-order valence-corrected chi connectivity index (χ3v) is 4.50. The Morgan fingerprint density at radius 2 is 1.58 bits per heavy atom. The van der Waals surface area contributed by atoms with Gasteiger partial charge in [0.1, 0.15) is 17.5 Å². The topological polar surface area (TPSA) is 20.3 Å². The van der Waals surface area contributed by atoms with E-state index >= 15 is 0 Å². The number of likely N-dealkylation sites (tertiary alicyclic amines) is 1. The number of hydrogen-bond acceptors (Lipinski definition) is 1. The zero-order chi connectivity index (χ0) is 17.1. The Bertz CT molecular complexity index is 722. The summed E-state index contributed by atoms with van der Waals surface area (Å²) >= 11 is 0. The minimum absolute atomic E-state index is 0.0895. The second-order valence-corrected chi connectivity index (χ2v) is 6.19. The predicted octanol–water partition coefficient (Wildman–Crippen LogP) is 4.20. The van der Waals surface area contributed by atoms with Crippen molar-refractivity contribution in [3.8, 4) is 0 Å². The fraction of sp³-hybridized carbons (Fsp3) is 0.316. The summed E-state index contributed by atoms with van der Waals surface area (Å²) in [6.45, 7) is 1.09. The van der Waals surface area contributed by atoms with Gasteiger partial charge in [0.2, 0.25) is 0 Å². The lowest BCUT2D eigenvalue weighted by Gasteiger charge is -2.32. The fourth-order valence-corrected chi connectivity index (χ4v) is 3.13. The Labute approximate surface area is 138 Å². The lowest BCUT2D eigenvalue weighted by molar-refractivity contribution is 0.0685. The van der Waals surface area contributed by atoms with Crippen LogP contribution in [-0.2, 0) is 6.42 Å². The van der Waals surface area contributed by atoms with Crippen molar-refractivity contribution in [2.45, 2.75) is 19.3 Å². The number of piperidine rings is 1. The number of halogens is 3. The van der Waals surface area contributed by atoms with Crippen LogP contribution in [0.5, 0.6) is 0 Å². The van der Waals surface area contributed by atoms with Gasteiger partial charge in [-0.3, -0.25) is 4.79 Å². The van der Waals surface area contributed by atoms with Crippen molar-refractivity contribution >= 4 is 5.91 Å². The molecule has 0 spiro atoms. The quantitative estimate of drug-likeness (QED) is 0.824. The minimum Gasteiger partial charge on any atom is -0.339 e. The van der Waals surface area contributed by atoms with E-state index in [1.807, 2.05) is 0 Å². The van der Waals surface area contributed by atoms with Gasteiger partial charge in [-0.15, -0.1) is 0 Å².